The van der Waals surface area contributed by atoms with Gasteiger partial charge in [0.2, 0.25) is 0 Å². The predicted octanol–water partition coefficient (Wildman–Crippen LogP) is 5.84. The van der Waals surface area contributed by atoms with Gasteiger partial charge in [-0.2, -0.15) is 13.2 Å². The molecule has 0 aliphatic heterocycles. The van der Waals surface area contributed by atoms with E-state index in [2.05, 4.69) is 15.3 Å². The molecule has 0 aliphatic carbocycles. The summed E-state index contributed by atoms with van der Waals surface area (Å²) < 4.78 is 57.4. The van der Waals surface area contributed by atoms with Gasteiger partial charge in [0, 0.05) is 23.2 Å². The van der Waals surface area contributed by atoms with Gasteiger partial charge in [-0.3, -0.25) is 4.79 Å². The van der Waals surface area contributed by atoms with Crippen LogP contribution >= 0.6 is 0 Å². The van der Waals surface area contributed by atoms with Crippen molar-refractivity contribution in [2.45, 2.75) is 12.7 Å². The molecule has 0 unspecified atom stereocenters. The molecule has 34 heavy (non-hydrogen) atoms. The quantitative estimate of drug-likeness (QED) is 0.349. The van der Waals surface area contributed by atoms with E-state index in [4.69, 9.17) is 4.74 Å². The number of benzene rings is 3. The van der Waals surface area contributed by atoms with E-state index in [0.29, 0.717) is 23.5 Å². The van der Waals surface area contributed by atoms with Crippen molar-refractivity contribution >= 4 is 5.91 Å². The monoisotopic (exact) mass is 469 g/mol. The van der Waals surface area contributed by atoms with Gasteiger partial charge in [-0.1, -0.05) is 36.4 Å². The second-order valence-electron chi connectivity index (χ2n) is 7.48. The van der Waals surface area contributed by atoms with Crippen molar-refractivity contribution in [3.05, 3.63) is 95.4 Å². The third-order valence-corrected chi connectivity index (χ3v) is 5.12. The van der Waals surface area contributed by atoms with Crippen LogP contribution in [0.5, 0.6) is 5.75 Å². The molecule has 3 aromatic carbocycles. The molecule has 4 rings (SSSR count). The lowest BCUT2D eigenvalue weighted by atomic mass is 10.1. The summed E-state index contributed by atoms with van der Waals surface area (Å²) in [7, 11) is 1.60. The van der Waals surface area contributed by atoms with E-state index in [1.165, 1.54) is 0 Å². The zero-order chi connectivity index (χ0) is 24.3. The van der Waals surface area contributed by atoms with Gasteiger partial charge in [0.1, 0.15) is 17.4 Å². The van der Waals surface area contributed by atoms with Crippen molar-refractivity contribution in [3.8, 4) is 28.4 Å². The first-order valence-corrected chi connectivity index (χ1v) is 10.2. The summed E-state index contributed by atoms with van der Waals surface area (Å²) in [5.74, 6) is -0.556. The molecule has 0 aliphatic rings. The van der Waals surface area contributed by atoms with Crippen molar-refractivity contribution < 1.29 is 27.1 Å². The number of hydrogen-bond acceptors (Lipinski definition) is 3. The lowest BCUT2D eigenvalue weighted by Gasteiger charge is -2.10. The number of aromatic nitrogens is 2. The van der Waals surface area contributed by atoms with Gasteiger partial charge in [0.25, 0.3) is 5.91 Å². The normalized spacial score (nSPS) is 11.3. The molecule has 0 atom stereocenters. The fraction of sp³-hybridized carbons (Fsp3) is 0.120. The lowest BCUT2D eigenvalue weighted by molar-refractivity contribution is -0.137. The Morgan fingerprint density at radius 3 is 2.50 bits per heavy atom. The van der Waals surface area contributed by atoms with Gasteiger partial charge < -0.3 is 15.0 Å². The molecule has 5 nitrogen and oxygen atoms in total. The average molecular weight is 469 g/mol. The summed E-state index contributed by atoms with van der Waals surface area (Å²) in [4.78, 5) is 19.9. The number of alkyl halides is 3. The van der Waals surface area contributed by atoms with E-state index in [9.17, 15) is 22.4 Å². The largest absolute Gasteiger partial charge is 0.497 e. The summed E-state index contributed by atoms with van der Waals surface area (Å²) in [6.07, 6.45) is -3.03. The topological polar surface area (TPSA) is 67.0 Å². The first-order valence-electron chi connectivity index (χ1n) is 10.2. The van der Waals surface area contributed by atoms with Crippen molar-refractivity contribution in [3.63, 3.8) is 0 Å². The van der Waals surface area contributed by atoms with Crippen molar-refractivity contribution in [1.29, 1.82) is 0 Å². The number of carbonyl (C=O) groups is 1. The van der Waals surface area contributed by atoms with E-state index in [0.717, 1.165) is 28.6 Å². The molecule has 0 spiro atoms. The van der Waals surface area contributed by atoms with Gasteiger partial charge in [-0.15, -0.1) is 0 Å². The van der Waals surface area contributed by atoms with Crippen LogP contribution in [0.1, 0.15) is 21.5 Å². The fourth-order valence-electron chi connectivity index (χ4n) is 3.35. The number of aromatic amines is 1. The number of hydrogen-bond donors (Lipinski definition) is 2. The third-order valence-electron chi connectivity index (χ3n) is 5.12. The summed E-state index contributed by atoms with van der Waals surface area (Å²) in [5.41, 5.74) is 1.65. The van der Waals surface area contributed by atoms with E-state index in [1.54, 1.807) is 37.6 Å². The number of H-pyrrole nitrogens is 1. The number of halogens is 4. The number of nitrogens with zero attached hydrogens (tertiary/aromatic N) is 1. The molecular weight excluding hydrogens is 450 g/mol. The highest BCUT2D eigenvalue weighted by Gasteiger charge is 2.32. The molecule has 0 radical (unpaired) electrons. The molecule has 0 fully saturated rings. The van der Waals surface area contributed by atoms with Crippen LogP contribution in [0.25, 0.3) is 22.6 Å². The number of amides is 1. The van der Waals surface area contributed by atoms with Gasteiger partial charge in [-0.05, 0) is 35.9 Å². The standard InChI is InChI=1S/C25H19F4N3O2/c1-34-21-4-2-3-17(11-21)22-14-30-23(32-22)16-7-5-15(6-8-16)13-31-24(33)18-9-19(25(27,28)29)12-20(26)10-18/h2-12,14H,13H2,1H3,(H,30,32)(H,31,33). The molecule has 9 heteroatoms. The van der Waals surface area contributed by atoms with E-state index >= 15 is 0 Å². The Morgan fingerprint density at radius 1 is 1.03 bits per heavy atom. The van der Waals surface area contributed by atoms with Gasteiger partial charge >= 0.3 is 6.18 Å². The molecule has 0 saturated carbocycles. The van der Waals surface area contributed by atoms with Crippen LogP contribution in [0.15, 0.2) is 72.9 Å². The van der Waals surface area contributed by atoms with Crippen LogP contribution in [0.3, 0.4) is 0 Å². The van der Waals surface area contributed by atoms with E-state index < -0.39 is 29.0 Å². The summed E-state index contributed by atoms with van der Waals surface area (Å²) in [5, 5.41) is 2.51. The minimum absolute atomic E-state index is 0.0597. The van der Waals surface area contributed by atoms with Crippen LogP contribution in [0.2, 0.25) is 0 Å². The van der Waals surface area contributed by atoms with Crippen LogP contribution in [0, 0.1) is 5.82 Å². The Balaban J connectivity index is 1.42. The Labute approximate surface area is 192 Å². The van der Waals surface area contributed by atoms with Crippen LogP contribution in [-0.2, 0) is 12.7 Å². The van der Waals surface area contributed by atoms with Crippen LogP contribution in [0.4, 0.5) is 17.6 Å². The Bertz CT molecular complexity index is 1310. The van der Waals surface area contributed by atoms with Crippen molar-refractivity contribution in [2.24, 2.45) is 0 Å². The van der Waals surface area contributed by atoms with Crippen molar-refractivity contribution in [1.82, 2.24) is 15.3 Å². The number of imidazole rings is 1. The lowest BCUT2D eigenvalue weighted by Crippen LogP contribution is -2.23. The maximum atomic E-state index is 13.5. The highest BCUT2D eigenvalue weighted by Crippen LogP contribution is 2.30. The predicted molar refractivity (Wildman–Crippen MR) is 119 cm³/mol. The highest BCUT2D eigenvalue weighted by molar-refractivity contribution is 5.94. The van der Waals surface area contributed by atoms with Crippen molar-refractivity contribution in [2.75, 3.05) is 7.11 Å². The molecule has 1 amide bonds. The molecule has 174 valence electrons. The summed E-state index contributed by atoms with van der Waals surface area (Å²) in [6, 6.07) is 16.4. The van der Waals surface area contributed by atoms with Gasteiger partial charge in [-0.25, -0.2) is 9.37 Å². The fourth-order valence-corrected chi connectivity index (χ4v) is 3.35. The average Bonchev–Trinajstić information content (AvgIpc) is 3.32. The second kappa shape index (κ2) is 9.38. The minimum atomic E-state index is -4.74. The third kappa shape index (κ3) is 5.25. The Kier molecular flexibility index (Phi) is 6.36. The molecular formula is C25H19F4N3O2. The maximum Gasteiger partial charge on any atom is 0.416 e. The number of carbonyl (C=O) groups excluding carboxylic acids is 1. The first-order chi connectivity index (χ1) is 16.2. The Hall–Kier alpha value is -4.14. The van der Waals surface area contributed by atoms with E-state index in [1.807, 2.05) is 24.3 Å². The highest BCUT2D eigenvalue weighted by atomic mass is 19.4. The SMILES string of the molecule is COc1cccc(-c2cnc(-c3ccc(CNC(=O)c4cc(F)cc(C(F)(F)F)c4)cc3)[nH]2)c1. The zero-order valence-corrected chi connectivity index (χ0v) is 17.9. The van der Waals surface area contributed by atoms with Gasteiger partial charge in [0.15, 0.2) is 0 Å². The van der Waals surface area contributed by atoms with Gasteiger partial charge in [0.05, 0.1) is 24.6 Å². The van der Waals surface area contributed by atoms with Crippen LogP contribution in [-0.4, -0.2) is 23.0 Å². The molecule has 0 bridgehead atoms. The first kappa shape index (κ1) is 23.0. The number of methoxy groups -OCH3 is 1. The number of rotatable bonds is 6. The molecule has 4 aromatic rings. The van der Waals surface area contributed by atoms with Crippen LogP contribution < -0.4 is 10.1 Å². The molecule has 1 heterocycles. The minimum Gasteiger partial charge on any atom is -0.497 e. The summed E-state index contributed by atoms with van der Waals surface area (Å²) in [6.45, 7) is 0.0597. The molecule has 1 aromatic heterocycles. The maximum absolute atomic E-state index is 13.5. The molecule has 2 N–H and O–H groups in total. The smallest absolute Gasteiger partial charge is 0.416 e. The summed E-state index contributed by atoms with van der Waals surface area (Å²) >= 11 is 0. The zero-order valence-electron chi connectivity index (χ0n) is 17.9. The molecule has 0 saturated heterocycles. The van der Waals surface area contributed by atoms with E-state index in [-0.39, 0.29) is 6.54 Å². The number of nitrogens with one attached hydrogen (secondary N) is 2. The Morgan fingerprint density at radius 2 is 1.79 bits per heavy atom. The second-order valence-corrected chi connectivity index (χ2v) is 7.48. The number of ether oxygens (including phenoxy) is 1.